The molecule has 0 fully saturated rings. The number of aromatic nitrogens is 3. The zero-order chi connectivity index (χ0) is 16.2. The number of carbonyl (C=O) groups excluding carboxylic acids is 1. The predicted octanol–water partition coefficient (Wildman–Crippen LogP) is 2.57. The van der Waals surface area contributed by atoms with Gasteiger partial charge in [-0.15, -0.1) is 0 Å². The Balaban J connectivity index is 1.86. The summed E-state index contributed by atoms with van der Waals surface area (Å²) in [6, 6.07) is 12.4. The second-order valence-corrected chi connectivity index (χ2v) is 5.07. The molecule has 1 atom stereocenters. The Hall–Kier alpha value is -2.99. The lowest BCUT2D eigenvalue weighted by Crippen LogP contribution is -2.16. The first-order valence-corrected chi connectivity index (χ1v) is 7.19. The molecule has 2 heterocycles. The second-order valence-electron chi connectivity index (χ2n) is 5.07. The van der Waals surface area contributed by atoms with E-state index in [9.17, 15) is 9.90 Å². The number of carbonyl (C=O) groups is 1. The lowest BCUT2D eigenvalue weighted by molar-refractivity contribution is 0.102. The second kappa shape index (κ2) is 6.41. The minimum absolute atomic E-state index is 0.276. The number of nitrogens with one attached hydrogen (secondary N) is 1. The van der Waals surface area contributed by atoms with Crippen LogP contribution in [0, 0.1) is 0 Å². The summed E-state index contributed by atoms with van der Waals surface area (Å²) in [5, 5.41) is 16.7. The van der Waals surface area contributed by atoms with Gasteiger partial charge in [-0.1, -0.05) is 18.2 Å². The number of aliphatic hydroxyl groups is 1. The van der Waals surface area contributed by atoms with Crippen LogP contribution >= 0.6 is 0 Å². The van der Waals surface area contributed by atoms with Crippen molar-refractivity contribution >= 4 is 11.6 Å². The minimum Gasteiger partial charge on any atom is -0.389 e. The number of aliphatic hydroxyl groups excluding tert-OH is 1. The third-order valence-corrected chi connectivity index (χ3v) is 3.40. The summed E-state index contributed by atoms with van der Waals surface area (Å²) in [4.78, 5) is 16.5. The maximum Gasteiger partial charge on any atom is 0.274 e. The van der Waals surface area contributed by atoms with Crippen LogP contribution in [-0.2, 0) is 0 Å². The molecule has 0 unspecified atom stereocenters. The molecule has 6 nitrogen and oxygen atoms in total. The Morgan fingerprint density at radius 2 is 2.04 bits per heavy atom. The number of amides is 1. The van der Waals surface area contributed by atoms with Gasteiger partial charge in [-0.2, -0.15) is 5.10 Å². The molecule has 3 aromatic rings. The maximum atomic E-state index is 12.4. The van der Waals surface area contributed by atoms with Crippen LogP contribution in [0.5, 0.6) is 0 Å². The van der Waals surface area contributed by atoms with E-state index in [1.165, 1.54) is 0 Å². The highest BCUT2D eigenvalue weighted by molar-refractivity contribution is 6.03. The molecule has 0 aliphatic heterocycles. The van der Waals surface area contributed by atoms with Crippen molar-refractivity contribution in [2.75, 3.05) is 5.32 Å². The SMILES string of the molecule is C[C@@H](O)c1ccccc1NC(=O)c1cc(-n2cccn2)ccn1. The highest BCUT2D eigenvalue weighted by Crippen LogP contribution is 2.22. The quantitative estimate of drug-likeness (QED) is 0.776. The van der Waals surface area contributed by atoms with Gasteiger partial charge in [0, 0.05) is 29.8 Å². The highest BCUT2D eigenvalue weighted by Gasteiger charge is 2.13. The van der Waals surface area contributed by atoms with Crippen LogP contribution in [0.4, 0.5) is 5.69 Å². The standard InChI is InChI=1S/C17H16N4O2/c1-12(22)14-5-2-3-6-15(14)20-17(23)16-11-13(7-9-18-16)21-10-4-8-19-21/h2-12,22H,1H3,(H,20,23)/t12-/m1/s1. The van der Waals surface area contributed by atoms with Crippen LogP contribution < -0.4 is 5.32 Å². The van der Waals surface area contributed by atoms with Crippen LogP contribution in [0.1, 0.15) is 29.1 Å². The molecule has 2 aromatic heterocycles. The average molecular weight is 308 g/mol. The third kappa shape index (κ3) is 3.27. The number of benzene rings is 1. The van der Waals surface area contributed by atoms with Crippen LogP contribution in [0.15, 0.2) is 61.1 Å². The summed E-state index contributed by atoms with van der Waals surface area (Å²) in [5.41, 5.74) is 2.25. The molecular formula is C17H16N4O2. The van der Waals surface area contributed by atoms with Crippen molar-refractivity contribution in [2.24, 2.45) is 0 Å². The predicted molar refractivity (Wildman–Crippen MR) is 86.4 cm³/mol. The molecule has 0 bridgehead atoms. The number of hydrogen-bond acceptors (Lipinski definition) is 4. The summed E-state index contributed by atoms with van der Waals surface area (Å²) in [7, 11) is 0. The smallest absolute Gasteiger partial charge is 0.274 e. The van der Waals surface area contributed by atoms with Gasteiger partial charge in [0.2, 0.25) is 0 Å². The molecule has 0 aliphatic carbocycles. The number of pyridine rings is 1. The molecule has 1 aromatic carbocycles. The first kappa shape index (κ1) is 14.9. The molecule has 0 saturated heterocycles. The van der Waals surface area contributed by atoms with E-state index in [-0.39, 0.29) is 11.6 Å². The van der Waals surface area contributed by atoms with Gasteiger partial charge in [-0.25, -0.2) is 4.68 Å². The van der Waals surface area contributed by atoms with Crippen LogP contribution in [0.2, 0.25) is 0 Å². The Morgan fingerprint density at radius 3 is 2.78 bits per heavy atom. The van der Waals surface area contributed by atoms with Crippen molar-refractivity contribution in [1.29, 1.82) is 0 Å². The summed E-state index contributed by atoms with van der Waals surface area (Å²) >= 11 is 0. The number of para-hydroxylation sites is 1. The zero-order valence-electron chi connectivity index (χ0n) is 12.5. The molecule has 23 heavy (non-hydrogen) atoms. The molecule has 0 spiro atoms. The Morgan fingerprint density at radius 1 is 1.22 bits per heavy atom. The fourth-order valence-corrected chi connectivity index (χ4v) is 2.27. The number of anilines is 1. The van der Waals surface area contributed by atoms with Crippen LogP contribution in [0.3, 0.4) is 0 Å². The molecular weight excluding hydrogens is 292 g/mol. The first-order valence-electron chi connectivity index (χ1n) is 7.19. The van der Waals surface area contributed by atoms with Gasteiger partial charge in [-0.05, 0) is 31.2 Å². The molecule has 2 N–H and O–H groups in total. The Bertz CT molecular complexity index is 813. The van der Waals surface area contributed by atoms with Crippen molar-refractivity contribution in [1.82, 2.24) is 14.8 Å². The lowest BCUT2D eigenvalue weighted by atomic mass is 10.1. The fraction of sp³-hybridized carbons (Fsp3) is 0.118. The van der Waals surface area contributed by atoms with E-state index in [0.29, 0.717) is 11.3 Å². The van der Waals surface area contributed by atoms with E-state index in [1.54, 1.807) is 66.6 Å². The summed E-state index contributed by atoms with van der Waals surface area (Å²) in [6.07, 6.45) is 4.35. The largest absolute Gasteiger partial charge is 0.389 e. The normalized spacial score (nSPS) is 11.9. The summed E-state index contributed by atoms with van der Waals surface area (Å²) in [6.45, 7) is 1.65. The molecule has 0 saturated carbocycles. The molecule has 0 aliphatic rings. The highest BCUT2D eigenvalue weighted by atomic mass is 16.3. The Labute approximate surface area is 133 Å². The average Bonchev–Trinajstić information content (AvgIpc) is 3.10. The summed E-state index contributed by atoms with van der Waals surface area (Å²) in [5.74, 6) is -0.341. The molecule has 0 radical (unpaired) electrons. The van der Waals surface area contributed by atoms with Gasteiger partial charge >= 0.3 is 0 Å². The van der Waals surface area contributed by atoms with E-state index < -0.39 is 6.10 Å². The van der Waals surface area contributed by atoms with E-state index >= 15 is 0 Å². The molecule has 6 heteroatoms. The maximum absolute atomic E-state index is 12.4. The third-order valence-electron chi connectivity index (χ3n) is 3.40. The van der Waals surface area contributed by atoms with Gasteiger partial charge in [0.05, 0.1) is 11.8 Å². The van der Waals surface area contributed by atoms with Gasteiger partial charge in [0.15, 0.2) is 0 Å². The fourth-order valence-electron chi connectivity index (χ4n) is 2.27. The number of rotatable bonds is 4. The topological polar surface area (TPSA) is 80.0 Å². The van der Waals surface area contributed by atoms with Gasteiger partial charge in [0.25, 0.3) is 5.91 Å². The van der Waals surface area contributed by atoms with E-state index in [4.69, 9.17) is 0 Å². The van der Waals surface area contributed by atoms with E-state index in [0.717, 1.165) is 5.69 Å². The van der Waals surface area contributed by atoms with Crippen LogP contribution in [0.25, 0.3) is 5.69 Å². The Kier molecular flexibility index (Phi) is 4.16. The van der Waals surface area contributed by atoms with Crippen molar-refractivity contribution in [3.63, 3.8) is 0 Å². The molecule has 1 amide bonds. The number of hydrogen-bond donors (Lipinski definition) is 2. The van der Waals surface area contributed by atoms with Gasteiger partial charge in [-0.3, -0.25) is 9.78 Å². The van der Waals surface area contributed by atoms with Gasteiger partial charge in [0.1, 0.15) is 5.69 Å². The minimum atomic E-state index is -0.671. The summed E-state index contributed by atoms with van der Waals surface area (Å²) < 4.78 is 1.65. The van der Waals surface area contributed by atoms with Crippen molar-refractivity contribution < 1.29 is 9.90 Å². The number of nitrogens with zero attached hydrogens (tertiary/aromatic N) is 3. The molecule has 3 rings (SSSR count). The zero-order valence-corrected chi connectivity index (χ0v) is 12.5. The van der Waals surface area contributed by atoms with E-state index in [1.807, 2.05) is 6.07 Å². The molecule has 116 valence electrons. The van der Waals surface area contributed by atoms with E-state index in [2.05, 4.69) is 15.4 Å². The van der Waals surface area contributed by atoms with Crippen molar-refractivity contribution in [3.05, 3.63) is 72.3 Å². The van der Waals surface area contributed by atoms with Crippen LogP contribution in [-0.4, -0.2) is 25.8 Å². The van der Waals surface area contributed by atoms with Gasteiger partial charge < -0.3 is 10.4 Å². The van der Waals surface area contributed by atoms with Crippen molar-refractivity contribution in [3.8, 4) is 5.69 Å². The first-order chi connectivity index (χ1) is 11.1. The monoisotopic (exact) mass is 308 g/mol. The van der Waals surface area contributed by atoms with Crippen molar-refractivity contribution in [2.45, 2.75) is 13.0 Å². The lowest BCUT2D eigenvalue weighted by Gasteiger charge is -2.13.